The van der Waals surface area contributed by atoms with Crippen LogP contribution in [0, 0.1) is 0 Å². The van der Waals surface area contributed by atoms with E-state index in [9.17, 15) is 0 Å². The summed E-state index contributed by atoms with van der Waals surface area (Å²) in [7, 11) is -1.99. The molecular weight excluding hydrogens is 679 g/mol. The molecule has 0 aromatic heterocycles. The van der Waals surface area contributed by atoms with Gasteiger partial charge >= 0.3 is 0 Å². The van der Waals surface area contributed by atoms with Crippen LogP contribution in [0.3, 0.4) is 0 Å². The van der Waals surface area contributed by atoms with Crippen LogP contribution in [0.1, 0.15) is 25.0 Å². The van der Waals surface area contributed by atoms with Gasteiger partial charge in [-0.3, -0.25) is 0 Å². The second-order valence-corrected chi connectivity index (χ2v) is 20.8. The molecule has 1 aliphatic heterocycles. The fraction of sp³-hybridized carbons (Fsp3) is 0.0943. The normalized spacial score (nSPS) is 14.8. The number of hydrogen-bond donors (Lipinski definition) is 0. The van der Waals surface area contributed by atoms with Crippen molar-refractivity contribution in [2.75, 3.05) is 4.90 Å². The Hall–Kier alpha value is -6.22. The van der Waals surface area contributed by atoms with Crippen molar-refractivity contribution in [3.05, 3.63) is 187 Å². The molecule has 2 aliphatic rings. The molecular formula is C53H41NSi. The summed E-state index contributed by atoms with van der Waals surface area (Å²) in [6.07, 6.45) is 0. The van der Waals surface area contributed by atoms with Gasteiger partial charge in [-0.05, 0) is 94.6 Å². The minimum absolute atomic E-state index is 0.0977. The molecule has 262 valence electrons. The third-order valence-electron chi connectivity index (χ3n) is 12.8. The summed E-state index contributed by atoms with van der Waals surface area (Å²) in [6.45, 7) is 9.78. The van der Waals surface area contributed by atoms with Crippen LogP contribution in [0.5, 0.6) is 0 Å². The van der Waals surface area contributed by atoms with Crippen molar-refractivity contribution in [3.63, 3.8) is 0 Å². The molecule has 0 amide bonds. The monoisotopic (exact) mass is 719 g/mol. The molecule has 0 atom stereocenters. The molecule has 0 fully saturated rings. The van der Waals surface area contributed by atoms with Gasteiger partial charge in [-0.1, -0.05) is 185 Å². The van der Waals surface area contributed by atoms with Gasteiger partial charge < -0.3 is 4.90 Å². The van der Waals surface area contributed by atoms with Gasteiger partial charge in [0.05, 0.1) is 5.69 Å². The van der Waals surface area contributed by atoms with Crippen LogP contribution < -0.4 is 15.3 Å². The van der Waals surface area contributed by atoms with Crippen LogP contribution >= 0.6 is 0 Å². The lowest BCUT2D eigenvalue weighted by molar-refractivity contribution is 0.660. The SMILES string of the molecule is CC1(C)c2ccccc2-c2c(-c3c4ccccc4c(N4c5ccccc5[Si](C)(C)c5ccccc54)c4ccc(-c5cccc6ccccc56)cc34)cccc21. The number of hydrogen-bond acceptors (Lipinski definition) is 1. The van der Waals surface area contributed by atoms with E-state index in [0.717, 1.165) is 0 Å². The maximum atomic E-state index is 2.60. The van der Waals surface area contributed by atoms with E-state index in [0.29, 0.717) is 0 Å². The highest BCUT2D eigenvalue weighted by Gasteiger charge is 2.40. The van der Waals surface area contributed by atoms with E-state index >= 15 is 0 Å². The summed E-state index contributed by atoms with van der Waals surface area (Å²) in [5, 5.41) is 10.5. The van der Waals surface area contributed by atoms with Gasteiger partial charge in [0.15, 0.2) is 0 Å². The smallest absolute Gasteiger partial charge is 0.117 e. The molecule has 2 heteroatoms. The van der Waals surface area contributed by atoms with Gasteiger partial charge in [0.25, 0.3) is 0 Å². The second kappa shape index (κ2) is 11.6. The number of rotatable bonds is 3. The number of benzene rings is 9. The van der Waals surface area contributed by atoms with Crippen molar-refractivity contribution in [3.8, 4) is 33.4 Å². The quantitative estimate of drug-likeness (QED) is 0.130. The van der Waals surface area contributed by atoms with Gasteiger partial charge in [0.1, 0.15) is 8.07 Å². The molecule has 11 rings (SSSR count). The Morgan fingerprint density at radius 1 is 0.418 bits per heavy atom. The molecule has 1 heterocycles. The highest BCUT2D eigenvalue weighted by Crippen LogP contribution is 2.56. The van der Waals surface area contributed by atoms with Gasteiger partial charge in [-0.15, -0.1) is 0 Å². The first-order chi connectivity index (χ1) is 26.8. The fourth-order valence-corrected chi connectivity index (χ4v) is 13.2. The van der Waals surface area contributed by atoms with Crippen molar-refractivity contribution in [1.82, 2.24) is 0 Å². The van der Waals surface area contributed by atoms with Crippen LogP contribution in [-0.2, 0) is 5.41 Å². The minimum atomic E-state index is -1.99. The molecule has 0 N–H and O–H groups in total. The first kappa shape index (κ1) is 32.2. The third kappa shape index (κ3) is 4.46. The Balaban J connectivity index is 1.31. The summed E-state index contributed by atoms with van der Waals surface area (Å²) in [5.41, 5.74) is 14.3. The maximum Gasteiger partial charge on any atom is 0.117 e. The zero-order valence-corrected chi connectivity index (χ0v) is 32.7. The molecule has 0 saturated carbocycles. The van der Waals surface area contributed by atoms with E-state index in [-0.39, 0.29) is 5.41 Å². The van der Waals surface area contributed by atoms with Crippen molar-refractivity contribution in [2.24, 2.45) is 0 Å². The molecule has 0 bridgehead atoms. The lowest BCUT2D eigenvalue weighted by atomic mass is 9.81. The zero-order chi connectivity index (χ0) is 37.1. The number of nitrogens with zero attached hydrogens (tertiary/aromatic N) is 1. The first-order valence-corrected chi connectivity index (χ1v) is 22.5. The average molecular weight is 720 g/mol. The van der Waals surface area contributed by atoms with E-state index in [1.54, 1.807) is 0 Å². The van der Waals surface area contributed by atoms with E-state index in [2.05, 4.69) is 208 Å². The maximum absolute atomic E-state index is 2.60. The molecule has 9 aromatic carbocycles. The number of para-hydroxylation sites is 2. The molecule has 55 heavy (non-hydrogen) atoms. The Bertz CT molecular complexity index is 3000. The highest BCUT2D eigenvalue weighted by molar-refractivity contribution is 7.02. The molecule has 0 radical (unpaired) electrons. The van der Waals surface area contributed by atoms with Crippen molar-refractivity contribution in [1.29, 1.82) is 0 Å². The molecule has 9 aromatic rings. The Kier molecular flexibility index (Phi) is 6.82. The standard InChI is InChI=1S/C53H41NSi/c1-53(2)44-25-10-9-22-41(44)51-42(24-16-26-45(51)53)50-38-20-7-8-21-39(38)52(54-46-27-11-13-29-48(46)55(3,4)49-30-14-12-28-47(49)54)40-32-31-35(33-43(40)50)37-23-15-18-34-17-5-6-19-36(34)37/h5-33H,1-4H3. The summed E-state index contributed by atoms with van der Waals surface area (Å²) in [5.74, 6) is 0. The second-order valence-electron chi connectivity index (χ2n) is 16.4. The van der Waals surface area contributed by atoms with Crippen LogP contribution in [0.15, 0.2) is 176 Å². The third-order valence-corrected chi connectivity index (χ3v) is 16.4. The van der Waals surface area contributed by atoms with Gasteiger partial charge in [-0.2, -0.15) is 0 Å². The topological polar surface area (TPSA) is 3.24 Å². The van der Waals surface area contributed by atoms with Crippen molar-refractivity contribution >= 4 is 67.8 Å². The van der Waals surface area contributed by atoms with E-state index in [4.69, 9.17) is 0 Å². The average Bonchev–Trinajstić information content (AvgIpc) is 3.46. The van der Waals surface area contributed by atoms with Gasteiger partial charge in [0, 0.05) is 27.6 Å². The lowest BCUT2D eigenvalue weighted by Gasteiger charge is -2.42. The first-order valence-electron chi connectivity index (χ1n) is 19.5. The van der Waals surface area contributed by atoms with E-state index in [1.807, 2.05) is 0 Å². The predicted octanol–water partition coefficient (Wildman–Crippen LogP) is 13.4. The summed E-state index contributed by atoms with van der Waals surface area (Å²) < 4.78 is 0. The largest absolute Gasteiger partial charge is 0.309 e. The van der Waals surface area contributed by atoms with Crippen LogP contribution in [0.2, 0.25) is 13.1 Å². The highest BCUT2D eigenvalue weighted by atomic mass is 28.3. The Morgan fingerprint density at radius 3 is 1.75 bits per heavy atom. The van der Waals surface area contributed by atoms with Crippen molar-refractivity contribution < 1.29 is 0 Å². The van der Waals surface area contributed by atoms with Crippen LogP contribution in [0.4, 0.5) is 17.1 Å². The Labute approximate surface area is 324 Å². The predicted molar refractivity (Wildman–Crippen MR) is 239 cm³/mol. The van der Waals surface area contributed by atoms with E-state index < -0.39 is 8.07 Å². The van der Waals surface area contributed by atoms with Gasteiger partial charge in [-0.25, -0.2) is 0 Å². The molecule has 0 unspecified atom stereocenters. The summed E-state index contributed by atoms with van der Waals surface area (Å²) in [6, 6.07) is 66.4. The van der Waals surface area contributed by atoms with Crippen molar-refractivity contribution in [2.45, 2.75) is 32.4 Å². The molecule has 0 saturated heterocycles. The summed E-state index contributed by atoms with van der Waals surface area (Å²) >= 11 is 0. The lowest BCUT2D eigenvalue weighted by Crippen LogP contribution is -2.58. The molecule has 1 nitrogen and oxygen atoms in total. The zero-order valence-electron chi connectivity index (χ0n) is 31.7. The van der Waals surface area contributed by atoms with Crippen LogP contribution in [-0.4, -0.2) is 8.07 Å². The molecule has 1 aliphatic carbocycles. The van der Waals surface area contributed by atoms with Gasteiger partial charge in [0.2, 0.25) is 0 Å². The van der Waals surface area contributed by atoms with E-state index in [1.165, 1.54) is 104 Å². The Morgan fingerprint density at radius 2 is 0.964 bits per heavy atom. The van der Waals surface area contributed by atoms with Crippen LogP contribution in [0.25, 0.3) is 65.7 Å². The summed E-state index contributed by atoms with van der Waals surface area (Å²) in [4.78, 5) is 2.60. The molecule has 0 spiro atoms. The minimum Gasteiger partial charge on any atom is -0.309 e. The number of fused-ring (bicyclic) bond motifs is 8. The fourth-order valence-electron chi connectivity index (χ4n) is 10.2. The number of anilines is 3.